The van der Waals surface area contributed by atoms with E-state index < -0.39 is 31.9 Å². The first-order chi connectivity index (χ1) is 16.5. The lowest BCUT2D eigenvalue weighted by molar-refractivity contribution is 0.246. The molecule has 3 heterocycles. The first-order valence-electron chi connectivity index (χ1n) is 10.4. The van der Waals surface area contributed by atoms with Crippen LogP contribution in [0.3, 0.4) is 0 Å². The van der Waals surface area contributed by atoms with E-state index in [0.29, 0.717) is 44.1 Å². The van der Waals surface area contributed by atoms with Gasteiger partial charge in [-0.15, -0.1) is 0 Å². The summed E-state index contributed by atoms with van der Waals surface area (Å²) in [4.78, 5) is 19.6. The molecule has 35 heavy (non-hydrogen) atoms. The number of hydrogen-bond donors (Lipinski definition) is 1. The van der Waals surface area contributed by atoms with Gasteiger partial charge in [0.05, 0.1) is 24.3 Å². The lowest BCUT2D eigenvalue weighted by Crippen LogP contribution is -2.46. The van der Waals surface area contributed by atoms with Crippen LogP contribution in [0.5, 0.6) is 11.6 Å². The molecule has 1 aromatic carbocycles. The molecule has 0 atom stereocenters. The van der Waals surface area contributed by atoms with Gasteiger partial charge in [0.1, 0.15) is 11.6 Å². The van der Waals surface area contributed by atoms with Crippen molar-refractivity contribution in [3.8, 4) is 23.0 Å². The minimum atomic E-state index is -3.99. The molecule has 0 spiro atoms. The van der Waals surface area contributed by atoms with Crippen LogP contribution < -0.4 is 13.3 Å². The Kier molecular flexibility index (Phi) is 6.91. The molecule has 1 aliphatic heterocycles. The van der Waals surface area contributed by atoms with E-state index in [-0.39, 0.29) is 11.8 Å². The van der Waals surface area contributed by atoms with Crippen LogP contribution in [0.15, 0.2) is 36.7 Å². The molecule has 0 bridgehead atoms. The van der Waals surface area contributed by atoms with Crippen molar-refractivity contribution in [3.63, 3.8) is 0 Å². The quantitative estimate of drug-likeness (QED) is 0.419. The third kappa shape index (κ3) is 6.64. The minimum absolute atomic E-state index is 0.174. The standard InChI is InChI=1S/C20H23FN6O6S2/c1-34(28,29)32-17-12-23-20(25-19(17)33-35(2,30)31)27-9-7-26(8-10-27)13-14-11-22-18(24-14)15-5-3-4-6-16(15)21/h3-6,11-12H,7-10,13H2,1-2H3,(H,22,24). The molecule has 0 radical (unpaired) electrons. The summed E-state index contributed by atoms with van der Waals surface area (Å²) in [6.07, 6.45) is 4.35. The molecule has 1 saturated heterocycles. The third-order valence-electron chi connectivity index (χ3n) is 4.99. The topological polar surface area (TPSA) is 148 Å². The fourth-order valence-corrected chi connectivity index (χ4v) is 4.35. The second-order valence-corrected chi connectivity index (χ2v) is 11.1. The number of H-pyrrole nitrogens is 1. The van der Waals surface area contributed by atoms with Crippen LogP contribution in [0.4, 0.5) is 10.3 Å². The predicted octanol–water partition coefficient (Wildman–Crippen LogP) is 1.00. The fraction of sp³-hybridized carbons (Fsp3) is 0.350. The van der Waals surface area contributed by atoms with Crippen molar-refractivity contribution in [2.75, 3.05) is 43.6 Å². The van der Waals surface area contributed by atoms with Crippen molar-refractivity contribution in [1.29, 1.82) is 0 Å². The van der Waals surface area contributed by atoms with Crippen LogP contribution in [0.2, 0.25) is 0 Å². The number of nitrogens with one attached hydrogen (secondary N) is 1. The Morgan fingerprint density at radius 2 is 1.66 bits per heavy atom. The van der Waals surface area contributed by atoms with E-state index in [1.807, 2.05) is 4.90 Å². The van der Waals surface area contributed by atoms with E-state index in [1.165, 1.54) is 6.07 Å². The molecule has 4 rings (SSSR count). The molecule has 0 unspecified atom stereocenters. The van der Waals surface area contributed by atoms with Crippen molar-refractivity contribution in [2.45, 2.75) is 6.54 Å². The molecule has 1 aliphatic rings. The molecular formula is C20H23FN6O6S2. The number of halogens is 1. The number of benzene rings is 1. The second kappa shape index (κ2) is 9.75. The average molecular weight is 527 g/mol. The summed E-state index contributed by atoms with van der Waals surface area (Å²) in [6, 6.07) is 6.40. The number of nitrogens with zero attached hydrogens (tertiary/aromatic N) is 5. The molecule has 1 N–H and O–H groups in total. The van der Waals surface area contributed by atoms with Gasteiger partial charge in [-0.1, -0.05) is 12.1 Å². The first-order valence-corrected chi connectivity index (χ1v) is 14.0. The highest BCUT2D eigenvalue weighted by Crippen LogP contribution is 2.29. The Labute approximate surface area is 202 Å². The van der Waals surface area contributed by atoms with Crippen molar-refractivity contribution in [1.82, 2.24) is 24.8 Å². The molecule has 188 valence electrons. The van der Waals surface area contributed by atoms with Gasteiger partial charge in [0.25, 0.3) is 5.88 Å². The predicted molar refractivity (Wildman–Crippen MR) is 124 cm³/mol. The molecule has 0 amide bonds. The van der Waals surface area contributed by atoms with E-state index in [1.54, 1.807) is 24.4 Å². The largest absolute Gasteiger partial charge is 0.375 e. The number of aromatic amines is 1. The van der Waals surface area contributed by atoms with Gasteiger partial charge >= 0.3 is 20.2 Å². The summed E-state index contributed by atoms with van der Waals surface area (Å²) in [5, 5.41) is 0. The van der Waals surface area contributed by atoms with E-state index in [4.69, 9.17) is 8.37 Å². The number of piperazine rings is 1. The van der Waals surface area contributed by atoms with Gasteiger partial charge in [-0.05, 0) is 12.1 Å². The minimum Gasteiger partial charge on any atom is -0.375 e. The van der Waals surface area contributed by atoms with E-state index in [9.17, 15) is 21.2 Å². The molecule has 1 fully saturated rings. The van der Waals surface area contributed by atoms with Gasteiger partial charge in [-0.25, -0.2) is 14.4 Å². The third-order valence-corrected chi connectivity index (χ3v) is 5.93. The Bertz CT molecular complexity index is 1420. The first kappa shape index (κ1) is 24.8. The number of anilines is 1. The lowest BCUT2D eigenvalue weighted by atomic mass is 10.2. The van der Waals surface area contributed by atoms with E-state index in [0.717, 1.165) is 24.4 Å². The Balaban J connectivity index is 1.42. The molecule has 0 aliphatic carbocycles. The molecule has 12 nitrogen and oxygen atoms in total. The molecule has 2 aromatic heterocycles. The Morgan fingerprint density at radius 1 is 0.971 bits per heavy atom. The average Bonchev–Trinajstić information content (AvgIpc) is 3.22. The second-order valence-electron chi connectivity index (χ2n) is 7.91. The Morgan fingerprint density at radius 3 is 2.31 bits per heavy atom. The maximum atomic E-state index is 14.0. The van der Waals surface area contributed by atoms with Gasteiger partial charge in [0.2, 0.25) is 11.7 Å². The van der Waals surface area contributed by atoms with Crippen LogP contribution in [-0.4, -0.2) is 80.4 Å². The highest BCUT2D eigenvalue weighted by Gasteiger charge is 2.24. The number of aromatic nitrogens is 4. The van der Waals surface area contributed by atoms with Gasteiger partial charge in [0.15, 0.2) is 0 Å². The van der Waals surface area contributed by atoms with Gasteiger partial charge < -0.3 is 18.3 Å². The maximum Gasteiger partial charge on any atom is 0.307 e. The van der Waals surface area contributed by atoms with E-state index >= 15 is 0 Å². The highest BCUT2D eigenvalue weighted by molar-refractivity contribution is 7.86. The summed E-state index contributed by atoms with van der Waals surface area (Å²) in [5.41, 5.74) is 1.23. The van der Waals surface area contributed by atoms with Crippen molar-refractivity contribution >= 4 is 26.2 Å². The normalized spacial score (nSPS) is 15.2. The summed E-state index contributed by atoms with van der Waals surface area (Å²) < 4.78 is 69.7. The molecule has 15 heteroatoms. The molecular weight excluding hydrogens is 503 g/mol. The molecule has 3 aromatic rings. The van der Waals surface area contributed by atoms with Crippen LogP contribution in [-0.2, 0) is 26.8 Å². The van der Waals surface area contributed by atoms with Gasteiger partial charge in [-0.3, -0.25) is 4.90 Å². The van der Waals surface area contributed by atoms with Crippen LogP contribution in [0.25, 0.3) is 11.4 Å². The summed E-state index contributed by atoms with van der Waals surface area (Å²) >= 11 is 0. The zero-order valence-electron chi connectivity index (χ0n) is 18.9. The SMILES string of the molecule is CS(=O)(=O)Oc1cnc(N2CCN(Cc3cnc(-c4ccccc4F)[nH]3)CC2)nc1OS(C)(=O)=O. The van der Waals surface area contributed by atoms with Gasteiger partial charge in [-0.2, -0.15) is 21.8 Å². The highest BCUT2D eigenvalue weighted by atomic mass is 32.2. The number of rotatable bonds is 8. The van der Waals surface area contributed by atoms with Crippen molar-refractivity contribution < 1.29 is 29.6 Å². The van der Waals surface area contributed by atoms with Crippen LogP contribution >= 0.6 is 0 Å². The summed E-state index contributed by atoms with van der Waals surface area (Å²) in [6.45, 7) is 2.85. The maximum absolute atomic E-state index is 14.0. The van der Waals surface area contributed by atoms with Crippen molar-refractivity contribution in [2.24, 2.45) is 0 Å². The number of imidazole rings is 1. The van der Waals surface area contributed by atoms with Gasteiger partial charge in [0, 0.05) is 44.6 Å². The van der Waals surface area contributed by atoms with Crippen molar-refractivity contribution in [3.05, 3.63) is 48.2 Å². The smallest absolute Gasteiger partial charge is 0.307 e. The van der Waals surface area contributed by atoms with Crippen LogP contribution in [0, 0.1) is 5.82 Å². The summed E-state index contributed by atoms with van der Waals surface area (Å²) in [5.74, 6) is -0.657. The lowest BCUT2D eigenvalue weighted by Gasteiger charge is -2.34. The zero-order valence-corrected chi connectivity index (χ0v) is 20.5. The molecule has 0 saturated carbocycles. The number of hydrogen-bond acceptors (Lipinski definition) is 11. The summed E-state index contributed by atoms with van der Waals surface area (Å²) in [7, 11) is -7.94. The monoisotopic (exact) mass is 526 g/mol. The zero-order chi connectivity index (χ0) is 25.2. The Hall–Kier alpha value is -3.30. The van der Waals surface area contributed by atoms with Crippen LogP contribution in [0.1, 0.15) is 5.69 Å². The van der Waals surface area contributed by atoms with E-state index in [2.05, 4.69) is 24.8 Å². The fourth-order valence-electron chi connectivity index (χ4n) is 3.50.